The third-order valence-electron chi connectivity index (χ3n) is 2.87. The monoisotopic (exact) mass is 288 g/mol. The van der Waals surface area contributed by atoms with Gasteiger partial charge in [0.05, 0.1) is 0 Å². The minimum Gasteiger partial charge on any atom is -0.480 e. The fourth-order valence-electron chi connectivity index (χ4n) is 1.73. The number of carboxylic acids is 1. The molecule has 1 aromatic rings. The summed E-state index contributed by atoms with van der Waals surface area (Å²) in [6, 6.07) is 5.94. The molecule has 0 bridgehead atoms. The molecule has 0 aliphatic heterocycles. The first-order valence-electron chi connectivity index (χ1n) is 6.18. The van der Waals surface area contributed by atoms with Gasteiger partial charge in [0.15, 0.2) is 0 Å². The molecular weight excluding hydrogens is 271 g/mol. The summed E-state index contributed by atoms with van der Waals surface area (Å²) in [7, 11) is 0. The Morgan fingerprint density at radius 2 is 2.11 bits per heavy atom. The lowest BCUT2D eigenvalue weighted by Gasteiger charge is -2.08. The third kappa shape index (κ3) is 4.87. The summed E-state index contributed by atoms with van der Waals surface area (Å²) in [5, 5.41) is 8.63. The molecule has 0 saturated heterocycles. The second-order valence-electron chi connectivity index (χ2n) is 4.37. The number of hydrogen-bond acceptors (Lipinski definition) is 1. The van der Waals surface area contributed by atoms with E-state index in [1.807, 2.05) is 18.2 Å². The Hall–Kier alpha value is -0.730. The lowest BCUT2D eigenvalue weighted by molar-refractivity contribution is -0.136. The molecule has 2 nitrogen and oxygen atoms in total. The van der Waals surface area contributed by atoms with Crippen molar-refractivity contribution in [1.29, 1.82) is 0 Å². The van der Waals surface area contributed by atoms with E-state index < -0.39 is 11.3 Å². The Labute approximate surface area is 118 Å². The molecule has 0 heterocycles. The van der Waals surface area contributed by atoms with Gasteiger partial charge in [0.1, 0.15) is 5.38 Å². The molecule has 0 amide bonds. The lowest BCUT2D eigenvalue weighted by Crippen LogP contribution is -2.13. The number of aryl methyl sites for hydroxylation is 2. The number of carboxylic acid groups (broad SMARTS) is 1. The first kappa shape index (κ1) is 15.3. The van der Waals surface area contributed by atoms with Crippen LogP contribution in [0.1, 0.15) is 37.3 Å². The first-order chi connectivity index (χ1) is 8.54. The highest BCUT2D eigenvalue weighted by molar-refractivity contribution is 6.31. The van der Waals surface area contributed by atoms with Gasteiger partial charge >= 0.3 is 5.97 Å². The van der Waals surface area contributed by atoms with Crippen LogP contribution in [0.2, 0.25) is 5.02 Å². The van der Waals surface area contributed by atoms with Crippen LogP contribution >= 0.6 is 23.2 Å². The highest BCUT2D eigenvalue weighted by atomic mass is 35.5. The summed E-state index contributed by atoms with van der Waals surface area (Å²) in [6.07, 6.45) is 4.31. The molecule has 1 rings (SSSR count). The summed E-state index contributed by atoms with van der Waals surface area (Å²) >= 11 is 11.9. The van der Waals surface area contributed by atoms with E-state index in [-0.39, 0.29) is 0 Å². The zero-order valence-electron chi connectivity index (χ0n) is 10.5. The van der Waals surface area contributed by atoms with Gasteiger partial charge in [-0.1, -0.05) is 37.1 Å². The van der Waals surface area contributed by atoms with Crippen LogP contribution in [-0.4, -0.2) is 16.5 Å². The van der Waals surface area contributed by atoms with Crippen molar-refractivity contribution < 1.29 is 9.90 Å². The Balaban J connectivity index is 2.58. The molecule has 4 heteroatoms. The average molecular weight is 289 g/mol. The molecule has 100 valence electrons. The normalized spacial score (nSPS) is 12.4. The molecule has 1 unspecified atom stereocenters. The topological polar surface area (TPSA) is 37.3 Å². The van der Waals surface area contributed by atoms with E-state index >= 15 is 0 Å². The Morgan fingerprint density at radius 3 is 2.67 bits per heavy atom. The van der Waals surface area contributed by atoms with Gasteiger partial charge < -0.3 is 5.11 Å². The first-order valence-corrected chi connectivity index (χ1v) is 7.00. The Kier molecular flexibility index (Phi) is 6.51. The van der Waals surface area contributed by atoms with Gasteiger partial charge in [-0.3, -0.25) is 4.79 Å². The molecule has 0 saturated carbocycles. The maximum Gasteiger partial charge on any atom is 0.321 e. The zero-order chi connectivity index (χ0) is 13.5. The molecule has 0 aromatic heterocycles. The van der Waals surface area contributed by atoms with Gasteiger partial charge in [-0.25, -0.2) is 0 Å². The van der Waals surface area contributed by atoms with Crippen molar-refractivity contribution in [1.82, 2.24) is 0 Å². The Morgan fingerprint density at radius 1 is 1.39 bits per heavy atom. The van der Waals surface area contributed by atoms with Crippen molar-refractivity contribution in [2.75, 3.05) is 0 Å². The van der Waals surface area contributed by atoms with Gasteiger partial charge in [-0.05, 0) is 42.9 Å². The molecular formula is C14H18Cl2O2. The highest BCUT2D eigenvalue weighted by Gasteiger charge is 2.13. The van der Waals surface area contributed by atoms with Crippen molar-refractivity contribution in [2.45, 2.75) is 44.4 Å². The predicted molar refractivity (Wildman–Crippen MR) is 75.7 cm³/mol. The van der Waals surface area contributed by atoms with Crippen LogP contribution in [0.15, 0.2) is 18.2 Å². The number of alkyl halides is 1. The maximum atomic E-state index is 10.6. The Bertz CT molecular complexity index is 405. The number of aliphatic carboxylic acids is 1. The van der Waals surface area contributed by atoms with Gasteiger partial charge in [-0.2, -0.15) is 0 Å². The van der Waals surface area contributed by atoms with E-state index in [0.29, 0.717) is 12.8 Å². The molecule has 0 spiro atoms. The standard InChI is InChI=1S/C14H18Cl2O2/c1-2-3-4-11-7-5-10(9-13(11)16)6-8-12(15)14(17)18/h5,7,9,12H,2-4,6,8H2,1H3,(H,17,18). The fourth-order valence-corrected chi connectivity index (χ4v) is 2.14. The number of benzene rings is 1. The zero-order valence-corrected chi connectivity index (χ0v) is 12.0. The van der Waals surface area contributed by atoms with E-state index in [9.17, 15) is 4.79 Å². The highest BCUT2D eigenvalue weighted by Crippen LogP contribution is 2.21. The van der Waals surface area contributed by atoms with Gasteiger partial charge in [0, 0.05) is 5.02 Å². The van der Waals surface area contributed by atoms with Crippen molar-refractivity contribution in [3.8, 4) is 0 Å². The predicted octanol–water partition coefficient (Wildman–Crippen LogP) is 4.31. The van der Waals surface area contributed by atoms with Crippen molar-refractivity contribution in [2.24, 2.45) is 0 Å². The van der Waals surface area contributed by atoms with Crippen LogP contribution in [0.25, 0.3) is 0 Å². The quantitative estimate of drug-likeness (QED) is 0.759. The second kappa shape index (κ2) is 7.65. The van der Waals surface area contributed by atoms with Crippen molar-refractivity contribution in [3.63, 3.8) is 0 Å². The van der Waals surface area contributed by atoms with E-state index in [4.69, 9.17) is 28.3 Å². The summed E-state index contributed by atoms with van der Waals surface area (Å²) < 4.78 is 0. The van der Waals surface area contributed by atoms with Gasteiger partial charge in [0.2, 0.25) is 0 Å². The number of rotatable bonds is 7. The molecule has 0 radical (unpaired) electrons. The van der Waals surface area contributed by atoms with Crippen LogP contribution in [0.4, 0.5) is 0 Å². The summed E-state index contributed by atoms with van der Waals surface area (Å²) in [6.45, 7) is 2.15. The number of halogens is 2. The fraction of sp³-hybridized carbons (Fsp3) is 0.500. The largest absolute Gasteiger partial charge is 0.480 e. The summed E-state index contributed by atoms with van der Waals surface area (Å²) in [4.78, 5) is 10.6. The molecule has 18 heavy (non-hydrogen) atoms. The smallest absolute Gasteiger partial charge is 0.321 e. The molecule has 0 fully saturated rings. The molecule has 0 aliphatic rings. The van der Waals surface area contributed by atoms with Crippen LogP contribution in [0.5, 0.6) is 0 Å². The second-order valence-corrected chi connectivity index (χ2v) is 5.31. The van der Waals surface area contributed by atoms with Crippen molar-refractivity contribution >= 4 is 29.2 Å². The van der Waals surface area contributed by atoms with Crippen LogP contribution in [0.3, 0.4) is 0 Å². The maximum absolute atomic E-state index is 10.6. The molecule has 1 aromatic carbocycles. The van der Waals surface area contributed by atoms with Crippen LogP contribution < -0.4 is 0 Å². The minimum atomic E-state index is -0.970. The molecule has 1 atom stereocenters. The van der Waals surface area contributed by atoms with Crippen LogP contribution in [0, 0.1) is 0 Å². The van der Waals surface area contributed by atoms with Crippen molar-refractivity contribution in [3.05, 3.63) is 34.3 Å². The molecule has 0 aliphatic carbocycles. The van der Waals surface area contributed by atoms with E-state index in [1.165, 1.54) is 0 Å². The van der Waals surface area contributed by atoms with Crippen LogP contribution in [-0.2, 0) is 17.6 Å². The lowest BCUT2D eigenvalue weighted by atomic mass is 10.0. The van der Waals surface area contributed by atoms with E-state index in [2.05, 4.69) is 6.92 Å². The third-order valence-corrected chi connectivity index (χ3v) is 3.63. The number of hydrogen-bond donors (Lipinski definition) is 1. The number of carbonyl (C=O) groups is 1. The minimum absolute atomic E-state index is 0.418. The molecule has 1 N–H and O–H groups in total. The van der Waals surface area contributed by atoms with E-state index in [0.717, 1.165) is 35.4 Å². The van der Waals surface area contributed by atoms with Gasteiger partial charge in [-0.15, -0.1) is 11.6 Å². The van der Waals surface area contributed by atoms with E-state index in [1.54, 1.807) is 0 Å². The average Bonchev–Trinajstić information content (AvgIpc) is 2.34. The number of unbranched alkanes of at least 4 members (excludes halogenated alkanes) is 1. The summed E-state index contributed by atoms with van der Waals surface area (Å²) in [5.74, 6) is -0.970. The summed E-state index contributed by atoms with van der Waals surface area (Å²) in [5.41, 5.74) is 2.19. The van der Waals surface area contributed by atoms with Gasteiger partial charge in [0.25, 0.3) is 0 Å². The SMILES string of the molecule is CCCCc1ccc(CCC(Cl)C(=O)O)cc1Cl.